The van der Waals surface area contributed by atoms with E-state index in [4.69, 9.17) is 5.10 Å². The molecular formula is C27H24N4O4. The lowest BCUT2D eigenvalue weighted by Crippen LogP contribution is -2.30. The number of fused-ring (bicyclic) bond motifs is 1. The van der Waals surface area contributed by atoms with E-state index in [1.807, 2.05) is 47.5 Å². The van der Waals surface area contributed by atoms with Crippen molar-refractivity contribution in [3.05, 3.63) is 116 Å². The van der Waals surface area contributed by atoms with Crippen LogP contribution in [0.2, 0.25) is 0 Å². The maximum absolute atomic E-state index is 11.2. The third-order valence-electron chi connectivity index (χ3n) is 6.68. The van der Waals surface area contributed by atoms with E-state index < -0.39 is 4.92 Å². The molecule has 1 saturated carbocycles. The quantitative estimate of drug-likeness (QED) is 0.312. The molecule has 5 rings (SSSR count). The van der Waals surface area contributed by atoms with Crippen molar-refractivity contribution in [1.82, 2.24) is 0 Å². The number of nitro benzene ring substituents is 2. The molecule has 0 aromatic heterocycles. The van der Waals surface area contributed by atoms with Gasteiger partial charge in [0, 0.05) is 30.2 Å². The highest BCUT2D eigenvalue weighted by molar-refractivity contribution is 6.08. The van der Waals surface area contributed by atoms with Crippen LogP contribution in [-0.2, 0) is 0 Å². The molecular weight excluding hydrogens is 444 g/mol. The average molecular weight is 469 g/mol. The number of benzene rings is 3. The Balaban J connectivity index is 1.57. The lowest BCUT2D eigenvalue weighted by molar-refractivity contribution is -0.385. The van der Waals surface area contributed by atoms with Crippen LogP contribution in [0.3, 0.4) is 0 Å². The maximum atomic E-state index is 11.2. The third-order valence-corrected chi connectivity index (χ3v) is 6.68. The summed E-state index contributed by atoms with van der Waals surface area (Å²) < 4.78 is 0. The standard InChI is InChI=1S/C27H24N4O4/c1-18-15-21(17-19-7-11-23(12-8-19)30(32)33)26-25(16-18)27(20-9-13-24(14-10-20)31(34)35)29(28-26)22-5-3-2-4-6-22/h2-14,17-18,25,27H,15-16H2,1H3/b21-17-/t18-,25-,27-/m1/s1. The predicted octanol–water partition coefficient (Wildman–Crippen LogP) is 6.55. The summed E-state index contributed by atoms with van der Waals surface area (Å²) in [5.74, 6) is 0.532. The molecule has 8 heteroatoms. The summed E-state index contributed by atoms with van der Waals surface area (Å²) in [4.78, 5) is 21.4. The number of para-hydroxylation sites is 1. The molecule has 1 heterocycles. The number of nitrogens with zero attached hydrogens (tertiary/aromatic N) is 4. The van der Waals surface area contributed by atoms with Gasteiger partial charge in [0.1, 0.15) is 0 Å². The van der Waals surface area contributed by atoms with Gasteiger partial charge in [-0.1, -0.05) is 37.3 Å². The second-order valence-corrected chi connectivity index (χ2v) is 9.13. The van der Waals surface area contributed by atoms with E-state index in [1.54, 1.807) is 24.3 Å². The smallest absolute Gasteiger partial charge is 0.258 e. The number of rotatable bonds is 5. The Bertz CT molecular complexity index is 1320. The Kier molecular flexibility index (Phi) is 5.86. The molecule has 2 aliphatic rings. The first-order valence-electron chi connectivity index (χ1n) is 11.5. The van der Waals surface area contributed by atoms with Gasteiger partial charge in [0.2, 0.25) is 0 Å². The third kappa shape index (κ3) is 4.42. The number of non-ortho nitro benzene ring substituents is 2. The second kappa shape index (κ2) is 9.13. The zero-order valence-corrected chi connectivity index (χ0v) is 19.2. The number of hydrazone groups is 1. The lowest BCUT2D eigenvalue weighted by Gasteiger charge is -2.33. The van der Waals surface area contributed by atoms with E-state index in [-0.39, 0.29) is 28.3 Å². The largest absolute Gasteiger partial charge is 0.269 e. The Morgan fingerprint density at radius 3 is 2.09 bits per heavy atom. The van der Waals surface area contributed by atoms with Crippen LogP contribution in [0.25, 0.3) is 6.08 Å². The molecule has 0 amide bonds. The molecule has 1 aliphatic heterocycles. The fraction of sp³-hybridized carbons (Fsp3) is 0.222. The van der Waals surface area contributed by atoms with Crippen LogP contribution in [0.1, 0.15) is 36.9 Å². The van der Waals surface area contributed by atoms with Crippen LogP contribution < -0.4 is 5.01 Å². The van der Waals surface area contributed by atoms with Crippen molar-refractivity contribution < 1.29 is 9.85 Å². The van der Waals surface area contributed by atoms with Crippen LogP contribution >= 0.6 is 0 Å². The van der Waals surface area contributed by atoms with Crippen molar-refractivity contribution in [2.75, 3.05) is 5.01 Å². The molecule has 3 atom stereocenters. The Morgan fingerprint density at radius 1 is 0.886 bits per heavy atom. The highest BCUT2D eigenvalue weighted by Gasteiger charge is 2.43. The number of hydrogen-bond acceptors (Lipinski definition) is 6. The molecule has 0 unspecified atom stereocenters. The topological polar surface area (TPSA) is 102 Å². The van der Waals surface area contributed by atoms with Crippen molar-refractivity contribution in [1.29, 1.82) is 0 Å². The summed E-state index contributed by atoms with van der Waals surface area (Å²) >= 11 is 0. The van der Waals surface area contributed by atoms with Crippen LogP contribution in [0.5, 0.6) is 0 Å². The van der Waals surface area contributed by atoms with Crippen molar-refractivity contribution in [2.45, 2.75) is 25.8 Å². The maximum Gasteiger partial charge on any atom is 0.269 e. The van der Waals surface area contributed by atoms with Gasteiger partial charge < -0.3 is 0 Å². The van der Waals surface area contributed by atoms with Crippen LogP contribution in [0, 0.1) is 32.1 Å². The van der Waals surface area contributed by atoms with E-state index in [0.717, 1.165) is 40.9 Å². The molecule has 0 N–H and O–H groups in total. The molecule has 176 valence electrons. The number of hydrogen-bond donors (Lipinski definition) is 0. The Morgan fingerprint density at radius 2 is 1.49 bits per heavy atom. The van der Waals surface area contributed by atoms with Gasteiger partial charge in [0.05, 0.1) is 27.3 Å². The van der Waals surface area contributed by atoms with Gasteiger partial charge in [0.15, 0.2) is 0 Å². The number of nitro groups is 2. The molecule has 0 radical (unpaired) electrons. The van der Waals surface area contributed by atoms with Crippen molar-refractivity contribution >= 4 is 28.8 Å². The zero-order valence-electron chi connectivity index (χ0n) is 19.2. The summed E-state index contributed by atoms with van der Waals surface area (Å²) in [5.41, 5.74) is 5.09. The minimum atomic E-state index is -0.400. The van der Waals surface area contributed by atoms with Crippen molar-refractivity contribution in [2.24, 2.45) is 16.9 Å². The average Bonchev–Trinajstić information content (AvgIpc) is 3.24. The Labute approximate surface area is 202 Å². The molecule has 3 aromatic carbocycles. The minimum Gasteiger partial charge on any atom is -0.258 e. The number of anilines is 1. The summed E-state index contributed by atoms with van der Waals surface area (Å²) in [7, 11) is 0. The van der Waals surface area contributed by atoms with Gasteiger partial charge in [-0.2, -0.15) is 5.10 Å². The molecule has 3 aromatic rings. The van der Waals surface area contributed by atoms with Crippen LogP contribution in [0.4, 0.5) is 17.1 Å². The molecule has 0 spiro atoms. The van der Waals surface area contributed by atoms with E-state index in [0.29, 0.717) is 5.92 Å². The minimum absolute atomic E-state index is 0.0636. The monoisotopic (exact) mass is 468 g/mol. The SMILES string of the molecule is C[C@@H]1C/C(=C/c2ccc([N+](=O)[O-])cc2)C2=NN(c3ccccc3)[C@H](c3ccc([N+](=O)[O-])cc3)[C@@H]2C1. The van der Waals surface area contributed by atoms with Crippen LogP contribution in [0.15, 0.2) is 89.5 Å². The first-order chi connectivity index (χ1) is 16.9. The van der Waals surface area contributed by atoms with Crippen molar-refractivity contribution in [3.63, 3.8) is 0 Å². The summed E-state index contributed by atoms with van der Waals surface area (Å²) in [5, 5.41) is 29.3. The highest BCUT2D eigenvalue weighted by Crippen LogP contribution is 2.47. The van der Waals surface area contributed by atoms with E-state index >= 15 is 0 Å². The van der Waals surface area contributed by atoms with E-state index in [2.05, 4.69) is 13.0 Å². The van der Waals surface area contributed by atoms with Gasteiger partial charge in [0.25, 0.3) is 11.4 Å². The summed E-state index contributed by atoms with van der Waals surface area (Å²) in [6.45, 7) is 2.22. The normalized spacial score (nSPS) is 22.5. The molecule has 0 saturated heterocycles. The van der Waals surface area contributed by atoms with Gasteiger partial charge in [-0.15, -0.1) is 0 Å². The first-order valence-corrected chi connectivity index (χ1v) is 11.5. The molecule has 35 heavy (non-hydrogen) atoms. The molecule has 0 bridgehead atoms. The summed E-state index contributed by atoms with van der Waals surface area (Å²) in [6.07, 6.45) is 3.88. The first kappa shape index (κ1) is 22.5. The van der Waals surface area contributed by atoms with Gasteiger partial charge >= 0.3 is 0 Å². The van der Waals surface area contributed by atoms with E-state index in [9.17, 15) is 20.2 Å². The number of allylic oxidation sites excluding steroid dienone is 1. The van der Waals surface area contributed by atoms with Gasteiger partial charge in [-0.05, 0) is 65.8 Å². The van der Waals surface area contributed by atoms with Gasteiger partial charge in [-0.25, -0.2) is 0 Å². The highest BCUT2D eigenvalue weighted by atomic mass is 16.6. The fourth-order valence-electron chi connectivity index (χ4n) is 5.10. The fourth-order valence-corrected chi connectivity index (χ4v) is 5.10. The van der Waals surface area contributed by atoms with E-state index in [1.165, 1.54) is 12.1 Å². The lowest BCUT2D eigenvalue weighted by atomic mass is 9.73. The second-order valence-electron chi connectivity index (χ2n) is 9.13. The Hall–Kier alpha value is -4.33. The molecule has 1 fully saturated rings. The molecule has 1 aliphatic carbocycles. The zero-order chi connectivity index (χ0) is 24.5. The van der Waals surface area contributed by atoms with Crippen molar-refractivity contribution in [3.8, 4) is 0 Å². The summed E-state index contributed by atoms with van der Waals surface area (Å²) in [6, 6.07) is 23.2. The molecule has 8 nitrogen and oxygen atoms in total. The predicted molar refractivity (Wildman–Crippen MR) is 135 cm³/mol. The van der Waals surface area contributed by atoms with Crippen LogP contribution in [-0.4, -0.2) is 15.6 Å². The van der Waals surface area contributed by atoms with Gasteiger partial charge in [-0.3, -0.25) is 25.2 Å².